The number of nitrogens with zero attached hydrogens (tertiary/aromatic N) is 2. The first-order valence-electron chi connectivity index (χ1n) is 9.24. The van der Waals surface area contributed by atoms with Crippen molar-refractivity contribution in [1.29, 1.82) is 0 Å². The Hall–Kier alpha value is -2.22. The first-order chi connectivity index (χ1) is 13.2. The minimum Gasteiger partial charge on any atom is -0.377 e. The minimum atomic E-state index is -0.161. The number of nitrogens with one attached hydrogen (secondary N) is 1. The van der Waals surface area contributed by atoms with Crippen molar-refractivity contribution in [2.24, 2.45) is 0 Å². The van der Waals surface area contributed by atoms with Crippen molar-refractivity contribution in [3.05, 3.63) is 46.7 Å². The van der Waals surface area contributed by atoms with Crippen molar-refractivity contribution in [2.45, 2.75) is 25.5 Å². The molecule has 1 fully saturated rings. The zero-order valence-corrected chi connectivity index (χ0v) is 15.9. The van der Waals surface area contributed by atoms with Crippen molar-refractivity contribution < 1.29 is 14.3 Å². The Morgan fingerprint density at radius 2 is 2.19 bits per heavy atom. The SMILES string of the molecule is O=C1CN(C(=O)CN(Cc2cccs2)C[C@@H]2CCCO2)c2ccccc2N1. The van der Waals surface area contributed by atoms with Crippen LogP contribution in [-0.2, 0) is 20.9 Å². The second-order valence-corrected chi connectivity index (χ2v) is 7.96. The predicted molar refractivity (Wildman–Crippen MR) is 106 cm³/mol. The van der Waals surface area contributed by atoms with Crippen LogP contribution in [0.25, 0.3) is 0 Å². The Balaban J connectivity index is 1.49. The summed E-state index contributed by atoms with van der Waals surface area (Å²) in [6.45, 7) is 2.56. The highest BCUT2D eigenvalue weighted by molar-refractivity contribution is 7.09. The summed E-state index contributed by atoms with van der Waals surface area (Å²) in [5, 5.41) is 4.88. The van der Waals surface area contributed by atoms with Crippen LogP contribution in [0.4, 0.5) is 11.4 Å². The highest BCUT2D eigenvalue weighted by atomic mass is 32.1. The number of amides is 2. The van der Waals surface area contributed by atoms with Gasteiger partial charge in [0.25, 0.3) is 0 Å². The zero-order chi connectivity index (χ0) is 18.6. The smallest absolute Gasteiger partial charge is 0.244 e. The molecule has 0 aliphatic carbocycles. The molecular formula is C20H23N3O3S. The lowest BCUT2D eigenvalue weighted by Gasteiger charge is -2.32. The molecule has 1 atom stereocenters. The summed E-state index contributed by atoms with van der Waals surface area (Å²) >= 11 is 1.69. The topological polar surface area (TPSA) is 61.9 Å². The molecule has 2 aromatic rings. The van der Waals surface area contributed by atoms with Gasteiger partial charge in [-0.05, 0) is 36.4 Å². The predicted octanol–water partition coefficient (Wildman–Crippen LogP) is 2.71. The van der Waals surface area contributed by atoms with Crippen LogP contribution in [0.15, 0.2) is 41.8 Å². The van der Waals surface area contributed by atoms with E-state index in [1.54, 1.807) is 16.2 Å². The molecule has 142 valence electrons. The molecule has 0 bridgehead atoms. The van der Waals surface area contributed by atoms with Crippen LogP contribution >= 0.6 is 11.3 Å². The molecule has 6 nitrogen and oxygen atoms in total. The molecule has 0 spiro atoms. The van der Waals surface area contributed by atoms with Crippen molar-refractivity contribution >= 4 is 34.5 Å². The van der Waals surface area contributed by atoms with Crippen LogP contribution in [0.2, 0.25) is 0 Å². The molecule has 1 saturated heterocycles. The van der Waals surface area contributed by atoms with Crippen LogP contribution in [-0.4, -0.2) is 49.1 Å². The fourth-order valence-electron chi connectivity index (χ4n) is 3.62. The molecule has 2 aliphatic heterocycles. The maximum absolute atomic E-state index is 13.1. The second-order valence-electron chi connectivity index (χ2n) is 6.93. The average molecular weight is 385 g/mol. The number of para-hydroxylation sites is 2. The van der Waals surface area contributed by atoms with Crippen LogP contribution in [0.5, 0.6) is 0 Å². The van der Waals surface area contributed by atoms with E-state index in [9.17, 15) is 9.59 Å². The van der Waals surface area contributed by atoms with Crippen LogP contribution in [0.3, 0.4) is 0 Å². The Morgan fingerprint density at radius 3 is 2.96 bits per heavy atom. The standard InChI is InChI=1S/C20H23N3O3S/c24-19-13-23(18-8-2-1-7-17(18)21-19)20(25)14-22(11-15-5-3-9-26-15)12-16-6-4-10-27-16/h1-2,4,6-8,10,15H,3,5,9,11-14H2,(H,21,24)/t15-/m0/s1. The number of rotatable bonds is 6. The molecule has 0 saturated carbocycles. The number of anilines is 2. The van der Waals surface area contributed by atoms with Crippen molar-refractivity contribution in [2.75, 3.05) is 36.5 Å². The number of hydrogen-bond acceptors (Lipinski definition) is 5. The lowest BCUT2D eigenvalue weighted by Crippen LogP contribution is -2.47. The molecular weight excluding hydrogens is 362 g/mol. The third kappa shape index (κ3) is 4.37. The van der Waals surface area contributed by atoms with Gasteiger partial charge in [-0.1, -0.05) is 18.2 Å². The van der Waals surface area contributed by atoms with Crippen molar-refractivity contribution in [3.8, 4) is 0 Å². The maximum atomic E-state index is 13.1. The molecule has 1 N–H and O–H groups in total. The first kappa shape index (κ1) is 18.2. The van der Waals surface area contributed by atoms with Gasteiger partial charge < -0.3 is 10.1 Å². The van der Waals surface area contributed by atoms with E-state index in [1.165, 1.54) is 4.88 Å². The van der Waals surface area contributed by atoms with E-state index in [4.69, 9.17) is 4.74 Å². The van der Waals surface area contributed by atoms with Gasteiger partial charge in [0.05, 0.1) is 24.0 Å². The van der Waals surface area contributed by atoms with E-state index in [1.807, 2.05) is 35.7 Å². The molecule has 27 heavy (non-hydrogen) atoms. The summed E-state index contributed by atoms with van der Waals surface area (Å²) in [5.41, 5.74) is 1.45. The lowest BCUT2D eigenvalue weighted by molar-refractivity contribution is -0.123. The summed E-state index contributed by atoms with van der Waals surface area (Å²) in [7, 11) is 0. The normalized spacial score (nSPS) is 19.2. The summed E-state index contributed by atoms with van der Waals surface area (Å²) in [5.74, 6) is -0.224. The Morgan fingerprint density at radius 1 is 1.30 bits per heavy atom. The van der Waals surface area contributed by atoms with E-state index in [0.717, 1.165) is 31.7 Å². The third-order valence-corrected chi connectivity index (χ3v) is 5.74. The monoisotopic (exact) mass is 385 g/mol. The molecule has 0 radical (unpaired) electrons. The minimum absolute atomic E-state index is 0.0582. The molecule has 0 unspecified atom stereocenters. The first-order valence-corrected chi connectivity index (χ1v) is 10.1. The molecule has 1 aromatic carbocycles. The largest absolute Gasteiger partial charge is 0.377 e. The van der Waals surface area contributed by atoms with Gasteiger partial charge in [0.1, 0.15) is 6.54 Å². The quantitative estimate of drug-likeness (QED) is 0.831. The van der Waals surface area contributed by atoms with E-state index in [-0.39, 0.29) is 31.0 Å². The lowest BCUT2D eigenvalue weighted by atomic mass is 10.2. The molecule has 2 aliphatic rings. The summed E-state index contributed by atoms with van der Waals surface area (Å²) in [6.07, 6.45) is 2.28. The number of benzene rings is 1. The number of fused-ring (bicyclic) bond motifs is 1. The van der Waals surface area contributed by atoms with Gasteiger partial charge in [-0.15, -0.1) is 11.3 Å². The fourth-order valence-corrected chi connectivity index (χ4v) is 4.36. The average Bonchev–Trinajstić information content (AvgIpc) is 3.35. The third-order valence-electron chi connectivity index (χ3n) is 4.88. The van der Waals surface area contributed by atoms with E-state index in [0.29, 0.717) is 12.2 Å². The molecule has 1 aromatic heterocycles. The van der Waals surface area contributed by atoms with Gasteiger partial charge in [-0.25, -0.2) is 0 Å². The summed E-state index contributed by atoms with van der Waals surface area (Å²) in [4.78, 5) is 30.1. The number of carbonyl (C=O) groups excluding carboxylic acids is 2. The number of hydrogen-bond donors (Lipinski definition) is 1. The van der Waals surface area contributed by atoms with Crippen molar-refractivity contribution in [1.82, 2.24) is 4.90 Å². The maximum Gasteiger partial charge on any atom is 0.244 e. The Kier molecular flexibility index (Phi) is 5.52. The molecule has 4 rings (SSSR count). The Labute approximate surface area is 162 Å². The molecule has 3 heterocycles. The highest BCUT2D eigenvalue weighted by Crippen LogP contribution is 2.29. The van der Waals surface area contributed by atoms with Gasteiger partial charge in [-0.3, -0.25) is 19.4 Å². The van der Waals surface area contributed by atoms with Gasteiger partial charge in [0.2, 0.25) is 11.8 Å². The van der Waals surface area contributed by atoms with Gasteiger partial charge in [0.15, 0.2) is 0 Å². The number of carbonyl (C=O) groups is 2. The number of thiophene rings is 1. The molecule has 2 amide bonds. The molecule has 7 heteroatoms. The van der Waals surface area contributed by atoms with Gasteiger partial charge in [0, 0.05) is 24.6 Å². The van der Waals surface area contributed by atoms with Crippen LogP contribution in [0, 0.1) is 0 Å². The Bertz CT molecular complexity index is 803. The number of ether oxygens (including phenoxy) is 1. The van der Waals surface area contributed by atoms with Crippen molar-refractivity contribution in [3.63, 3.8) is 0 Å². The zero-order valence-electron chi connectivity index (χ0n) is 15.1. The van der Waals surface area contributed by atoms with Crippen LogP contribution in [0.1, 0.15) is 17.7 Å². The van der Waals surface area contributed by atoms with E-state index in [2.05, 4.69) is 16.3 Å². The van der Waals surface area contributed by atoms with Gasteiger partial charge >= 0.3 is 0 Å². The fraction of sp³-hybridized carbons (Fsp3) is 0.400. The summed E-state index contributed by atoms with van der Waals surface area (Å²) < 4.78 is 5.78. The van der Waals surface area contributed by atoms with E-state index < -0.39 is 0 Å². The van der Waals surface area contributed by atoms with Crippen LogP contribution < -0.4 is 10.2 Å². The highest BCUT2D eigenvalue weighted by Gasteiger charge is 2.29. The van der Waals surface area contributed by atoms with E-state index >= 15 is 0 Å². The summed E-state index contributed by atoms with van der Waals surface area (Å²) in [6, 6.07) is 11.5. The second kappa shape index (κ2) is 8.21. The van der Waals surface area contributed by atoms with Gasteiger partial charge in [-0.2, -0.15) is 0 Å².